The molecule has 0 fully saturated rings. The van der Waals surface area contributed by atoms with Crippen molar-refractivity contribution in [3.05, 3.63) is 59.4 Å². The van der Waals surface area contributed by atoms with E-state index in [9.17, 15) is 0 Å². The molecule has 4 rings (SSSR count). The van der Waals surface area contributed by atoms with Gasteiger partial charge in [0.2, 0.25) is 0 Å². The number of aromatic nitrogens is 1. The molecule has 21 heavy (non-hydrogen) atoms. The number of rotatable bonds is 1. The molecule has 0 radical (unpaired) electrons. The fourth-order valence-electron chi connectivity index (χ4n) is 2.59. The van der Waals surface area contributed by atoms with E-state index in [0.29, 0.717) is 6.61 Å². The third kappa shape index (κ3) is 2.23. The maximum Gasteiger partial charge on any atom is 0.131 e. The third-order valence-corrected chi connectivity index (χ3v) is 5.18. The van der Waals surface area contributed by atoms with Crippen molar-refractivity contribution in [3.8, 4) is 26.6 Å². The summed E-state index contributed by atoms with van der Waals surface area (Å²) in [6, 6.07) is 12.1. The molecule has 1 aliphatic heterocycles. The van der Waals surface area contributed by atoms with Crippen LogP contribution in [-0.2, 0) is 6.42 Å². The van der Waals surface area contributed by atoms with Crippen LogP contribution in [0.4, 0.5) is 0 Å². The Morgan fingerprint density at radius 1 is 1.14 bits per heavy atom. The Bertz CT molecular complexity index is 812. The largest absolute Gasteiger partial charge is 0.492 e. The topological polar surface area (TPSA) is 22.1 Å². The van der Waals surface area contributed by atoms with Crippen LogP contribution in [0.3, 0.4) is 0 Å². The molecular weight excluding hydrogens is 302 g/mol. The van der Waals surface area contributed by atoms with Crippen LogP contribution >= 0.6 is 22.9 Å². The molecule has 2 nitrogen and oxygen atoms in total. The first kappa shape index (κ1) is 12.9. The molecule has 1 aromatic carbocycles. The summed E-state index contributed by atoms with van der Waals surface area (Å²) in [5, 5.41) is 0.788. The summed E-state index contributed by atoms with van der Waals surface area (Å²) in [6.45, 7) is 0.697. The van der Waals surface area contributed by atoms with Gasteiger partial charge in [0.1, 0.15) is 5.75 Å². The summed E-state index contributed by atoms with van der Waals surface area (Å²) in [7, 11) is 0. The zero-order chi connectivity index (χ0) is 14.2. The van der Waals surface area contributed by atoms with Crippen LogP contribution < -0.4 is 4.74 Å². The summed E-state index contributed by atoms with van der Waals surface area (Å²) in [6.07, 6.45) is 4.56. The monoisotopic (exact) mass is 313 g/mol. The van der Waals surface area contributed by atoms with Gasteiger partial charge < -0.3 is 4.74 Å². The van der Waals surface area contributed by atoms with Crippen LogP contribution in [0.5, 0.6) is 5.75 Å². The van der Waals surface area contributed by atoms with Crippen LogP contribution in [0.15, 0.2) is 48.8 Å². The van der Waals surface area contributed by atoms with Crippen molar-refractivity contribution in [1.82, 2.24) is 4.98 Å². The molecule has 104 valence electrons. The summed E-state index contributed by atoms with van der Waals surface area (Å²) >= 11 is 8.08. The molecule has 1 aliphatic rings. The predicted molar refractivity (Wildman–Crippen MR) is 87.2 cm³/mol. The van der Waals surface area contributed by atoms with Crippen LogP contribution in [0.1, 0.15) is 5.56 Å². The van der Waals surface area contributed by atoms with Crippen LogP contribution in [0.25, 0.3) is 20.9 Å². The first-order valence-electron chi connectivity index (χ1n) is 6.78. The third-order valence-electron chi connectivity index (χ3n) is 3.60. The van der Waals surface area contributed by atoms with Gasteiger partial charge in [0.15, 0.2) is 0 Å². The summed E-state index contributed by atoms with van der Waals surface area (Å²) in [5.41, 5.74) is 3.47. The van der Waals surface area contributed by atoms with Crippen LogP contribution in [-0.4, -0.2) is 11.6 Å². The van der Waals surface area contributed by atoms with Crippen LogP contribution in [0.2, 0.25) is 5.02 Å². The molecule has 0 spiro atoms. The van der Waals surface area contributed by atoms with Gasteiger partial charge in [-0.1, -0.05) is 29.8 Å². The van der Waals surface area contributed by atoms with Gasteiger partial charge in [-0.05, 0) is 23.8 Å². The van der Waals surface area contributed by atoms with Gasteiger partial charge in [0, 0.05) is 39.2 Å². The summed E-state index contributed by atoms with van der Waals surface area (Å²) in [4.78, 5) is 6.68. The Morgan fingerprint density at radius 2 is 2.05 bits per heavy atom. The van der Waals surface area contributed by atoms with Crippen molar-refractivity contribution in [1.29, 1.82) is 0 Å². The van der Waals surface area contributed by atoms with E-state index in [0.717, 1.165) is 28.3 Å². The van der Waals surface area contributed by atoms with E-state index in [1.54, 1.807) is 17.5 Å². The highest BCUT2D eigenvalue weighted by molar-refractivity contribution is 7.19. The fraction of sp³-hybridized carbons (Fsp3) is 0.118. The lowest BCUT2D eigenvalue weighted by Gasteiger charge is -2.05. The number of benzene rings is 1. The van der Waals surface area contributed by atoms with E-state index in [2.05, 4.69) is 17.1 Å². The van der Waals surface area contributed by atoms with Crippen LogP contribution in [0, 0.1) is 0 Å². The highest BCUT2D eigenvalue weighted by Crippen LogP contribution is 2.44. The number of hydrogen-bond acceptors (Lipinski definition) is 3. The Kier molecular flexibility index (Phi) is 3.17. The number of nitrogens with zero attached hydrogens (tertiary/aromatic N) is 1. The molecule has 3 heterocycles. The Hall–Kier alpha value is -1.84. The van der Waals surface area contributed by atoms with E-state index in [4.69, 9.17) is 16.3 Å². The molecule has 0 saturated heterocycles. The number of pyridine rings is 1. The average Bonchev–Trinajstić information content (AvgIpc) is 2.84. The Balaban J connectivity index is 1.90. The van der Waals surface area contributed by atoms with E-state index in [-0.39, 0.29) is 0 Å². The standard InChI is InChI=1S/C17H12ClNOS/c18-14-4-2-1-3-12(14)16-9-11-6-8-20-15-5-7-19-10-13(15)17(11)21-16/h1-5,7,9-10H,6,8H2. The second-order valence-electron chi connectivity index (χ2n) is 4.92. The smallest absolute Gasteiger partial charge is 0.131 e. The number of hydrogen-bond donors (Lipinski definition) is 0. The molecule has 0 saturated carbocycles. The molecule has 4 heteroatoms. The van der Waals surface area contributed by atoms with Crippen molar-refractivity contribution in [2.45, 2.75) is 6.42 Å². The van der Waals surface area contributed by atoms with Gasteiger partial charge in [0.25, 0.3) is 0 Å². The lowest BCUT2D eigenvalue weighted by molar-refractivity contribution is 0.326. The zero-order valence-electron chi connectivity index (χ0n) is 11.2. The first-order chi connectivity index (χ1) is 10.3. The normalized spacial score (nSPS) is 13.0. The van der Waals surface area contributed by atoms with Gasteiger partial charge >= 0.3 is 0 Å². The van der Waals surface area contributed by atoms with Gasteiger partial charge in [-0.3, -0.25) is 4.98 Å². The second kappa shape index (κ2) is 5.17. The minimum atomic E-state index is 0.697. The minimum absolute atomic E-state index is 0.697. The Morgan fingerprint density at radius 3 is 2.95 bits per heavy atom. The number of halogens is 1. The number of thiophene rings is 1. The molecule has 2 aromatic heterocycles. The lowest BCUT2D eigenvalue weighted by Crippen LogP contribution is -1.98. The quantitative estimate of drug-likeness (QED) is 0.626. The molecule has 0 atom stereocenters. The van der Waals surface area contributed by atoms with Crippen molar-refractivity contribution in [3.63, 3.8) is 0 Å². The van der Waals surface area contributed by atoms with E-state index < -0.39 is 0 Å². The molecule has 0 aliphatic carbocycles. The number of fused-ring (bicyclic) bond motifs is 3. The van der Waals surface area contributed by atoms with E-state index >= 15 is 0 Å². The van der Waals surface area contributed by atoms with Crippen molar-refractivity contribution in [2.75, 3.05) is 6.61 Å². The van der Waals surface area contributed by atoms with Gasteiger partial charge in [-0.15, -0.1) is 11.3 Å². The molecule has 0 N–H and O–H groups in total. The first-order valence-corrected chi connectivity index (χ1v) is 7.97. The maximum atomic E-state index is 6.32. The molecule has 3 aromatic rings. The molecular formula is C17H12ClNOS. The van der Waals surface area contributed by atoms with Gasteiger partial charge in [-0.25, -0.2) is 0 Å². The summed E-state index contributed by atoms with van der Waals surface area (Å²) in [5.74, 6) is 0.913. The highest BCUT2D eigenvalue weighted by Gasteiger charge is 2.19. The van der Waals surface area contributed by atoms with E-state index in [1.807, 2.05) is 30.5 Å². The second-order valence-corrected chi connectivity index (χ2v) is 6.37. The molecule has 0 unspecified atom stereocenters. The Labute approximate surface area is 132 Å². The SMILES string of the molecule is Clc1ccccc1-c1cc2c(s1)-c1cnccc1OCC2. The lowest BCUT2D eigenvalue weighted by atomic mass is 10.1. The predicted octanol–water partition coefficient (Wildman–Crippen LogP) is 5.07. The minimum Gasteiger partial charge on any atom is -0.492 e. The number of ether oxygens (including phenoxy) is 1. The zero-order valence-corrected chi connectivity index (χ0v) is 12.7. The van der Waals surface area contributed by atoms with Gasteiger partial charge in [0.05, 0.1) is 12.2 Å². The maximum absolute atomic E-state index is 6.32. The van der Waals surface area contributed by atoms with Crippen molar-refractivity contribution >= 4 is 22.9 Å². The average molecular weight is 314 g/mol. The van der Waals surface area contributed by atoms with Crippen molar-refractivity contribution in [2.24, 2.45) is 0 Å². The molecule has 0 bridgehead atoms. The fourth-order valence-corrected chi connectivity index (χ4v) is 4.14. The van der Waals surface area contributed by atoms with Crippen molar-refractivity contribution < 1.29 is 4.74 Å². The summed E-state index contributed by atoms with van der Waals surface area (Å²) < 4.78 is 5.80. The highest BCUT2D eigenvalue weighted by atomic mass is 35.5. The van der Waals surface area contributed by atoms with E-state index in [1.165, 1.54) is 15.3 Å². The molecule has 0 amide bonds. The van der Waals surface area contributed by atoms with Gasteiger partial charge in [-0.2, -0.15) is 0 Å².